The number of carbonyl (C=O) groups excluding carboxylic acids is 1. The minimum absolute atomic E-state index is 0.251. The van der Waals surface area contributed by atoms with Gasteiger partial charge >= 0.3 is 5.97 Å². The number of rotatable bonds is 31. The number of aliphatic hydroxyl groups is 4. The SMILES string of the molecule is CCCCCCCCCCCCCCCC(=O)OC[C@H]1O[C@@H](OC(C)(C)[C@@H](O)/C=C/C(C)=C/C=C/C(C)=C/C=C/C(C)=C/C=C/C=C(C)/C=C/C=C(C)/C=C/C2=C(C)CCCC2(C)C)[C@H](O)[C@@H](O)[C@@H]1O. The summed E-state index contributed by atoms with van der Waals surface area (Å²) in [6, 6.07) is 0. The number of unbranched alkanes of at least 4 members (excludes halogenated alkanes) is 12. The first-order valence-corrected chi connectivity index (χ1v) is 26.6. The average molecular weight is 969 g/mol. The molecule has 0 unspecified atom stereocenters. The van der Waals surface area contributed by atoms with Gasteiger partial charge in [0.25, 0.3) is 0 Å². The summed E-state index contributed by atoms with van der Waals surface area (Å²) < 4.78 is 17.2. The first-order valence-electron chi connectivity index (χ1n) is 26.6. The number of aliphatic hydroxyl groups excluding tert-OH is 4. The van der Waals surface area contributed by atoms with Crippen molar-refractivity contribution in [1.82, 2.24) is 0 Å². The Morgan fingerprint density at radius 3 is 1.63 bits per heavy atom. The van der Waals surface area contributed by atoms with E-state index in [9.17, 15) is 25.2 Å². The summed E-state index contributed by atoms with van der Waals surface area (Å²) in [6.07, 6.45) is 46.1. The Bertz CT molecular complexity index is 1920. The first kappa shape index (κ1) is 62.2. The van der Waals surface area contributed by atoms with Crippen LogP contribution in [0.1, 0.15) is 185 Å². The second-order valence-corrected chi connectivity index (χ2v) is 21.0. The molecule has 2 rings (SSSR count). The largest absolute Gasteiger partial charge is 0.463 e. The summed E-state index contributed by atoms with van der Waals surface area (Å²) in [5.74, 6) is -0.404. The molecule has 0 amide bonds. The van der Waals surface area contributed by atoms with E-state index in [0.717, 1.165) is 36.0 Å². The monoisotopic (exact) mass is 969 g/mol. The van der Waals surface area contributed by atoms with Gasteiger partial charge in [0.05, 0.1) is 5.60 Å². The summed E-state index contributed by atoms with van der Waals surface area (Å²) in [5, 5.41) is 43.0. The topological polar surface area (TPSA) is 126 Å². The van der Waals surface area contributed by atoms with Crippen molar-refractivity contribution in [1.29, 1.82) is 0 Å². The van der Waals surface area contributed by atoms with Gasteiger partial charge in [0.15, 0.2) is 6.29 Å². The van der Waals surface area contributed by atoms with Gasteiger partial charge in [-0.3, -0.25) is 4.79 Å². The van der Waals surface area contributed by atoms with Gasteiger partial charge in [-0.2, -0.15) is 0 Å². The Labute approximate surface area is 425 Å². The molecule has 1 saturated heterocycles. The van der Waals surface area contributed by atoms with Crippen LogP contribution in [0, 0.1) is 5.41 Å². The van der Waals surface area contributed by atoms with Crippen LogP contribution < -0.4 is 0 Å². The summed E-state index contributed by atoms with van der Waals surface area (Å²) in [4.78, 5) is 12.5. The molecule has 0 radical (unpaired) electrons. The van der Waals surface area contributed by atoms with E-state index in [2.05, 4.69) is 103 Å². The Morgan fingerprint density at radius 1 is 0.671 bits per heavy atom. The van der Waals surface area contributed by atoms with E-state index in [0.29, 0.717) is 0 Å². The van der Waals surface area contributed by atoms with Crippen LogP contribution in [0.5, 0.6) is 0 Å². The maximum absolute atomic E-state index is 12.5. The standard InChI is InChI=1S/C62H96O8/c1-12-13-14-15-16-17-18-19-20-21-22-23-24-40-56(64)68-46-54-57(65)58(66)59(67)60(69-54)70-62(10,11)55(63)44-42-51(6)38-29-36-49(4)35-27-33-47(2)31-25-26-32-48(3)34-28-37-50(5)41-43-53-52(7)39-30-45-61(53,8)9/h25-29,31-38,41-44,54-55,57-60,63,65-67H,12-24,30,39-40,45-46H2,1-11H3/b26-25+,33-27+,34-28+,36-29+,43-41+,44-42+,47-31+,48-32+,49-35+,50-37+,51-38+/t54-,55+,57-,58+,59-,60+/m1/s1. The first-order chi connectivity index (χ1) is 33.3. The molecule has 0 saturated carbocycles. The lowest BCUT2D eigenvalue weighted by Gasteiger charge is -2.43. The van der Waals surface area contributed by atoms with Crippen LogP contribution in [0.15, 0.2) is 142 Å². The van der Waals surface area contributed by atoms with E-state index in [1.807, 2.05) is 50.3 Å². The van der Waals surface area contributed by atoms with E-state index in [-0.39, 0.29) is 18.4 Å². The van der Waals surface area contributed by atoms with Gasteiger partial charge in [-0.25, -0.2) is 0 Å². The summed E-state index contributed by atoms with van der Waals surface area (Å²) in [7, 11) is 0. The molecule has 392 valence electrons. The Hall–Kier alpha value is -3.89. The predicted molar refractivity (Wildman–Crippen MR) is 293 cm³/mol. The van der Waals surface area contributed by atoms with Crippen molar-refractivity contribution >= 4 is 5.97 Å². The van der Waals surface area contributed by atoms with Crippen molar-refractivity contribution in [2.24, 2.45) is 5.41 Å². The quantitative estimate of drug-likeness (QED) is 0.0308. The van der Waals surface area contributed by atoms with Gasteiger partial charge in [0, 0.05) is 6.42 Å². The third-order valence-corrected chi connectivity index (χ3v) is 13.3. The molecule has 2 aliphatic rings. The van der Waals surface area contributed by atoms with Crippen LogP contribution in [0.25, 0.3) is 0 Å². The van der Waals surface area contributed by atoms with E-state index in [1.165, 1.54) is 106 Å². The number of allylic oxidation sites excluding steroid dienone is 23. The second-order valence-electron chi connectivity index (χ2n) is 21.0. The molecule has 0 aromatic carbocycles. The Kier molecular flexibility index (Phi) is 30.6. The fourth-order valence-electron chi connectivity index (χ4n) is 8.50. The molecule has 0 spiro atoms. The third kappa shape index (κ3) is 26.0. The molecule has 0 aromatic heterocycles. The van der Waals surface area contributed by atoms with Crippen LogP contribution in [-0.2, 0) is 19.0 Å². The van der Waals surface area contributed by atoms with Gasteiger partial charge in [-0.1, -0.05) is 235 Å². The van der Waals surface area contributed by atoms with E-state index in [1.54, 1.807) is 26.0 Å². The smallest absolute Gasteiger partial charge is 0.305 e. The highest BCUT2D eigenvalue weighted by atomic mass is 16.7. The molecule has 70 heavy (non-hydrogen) atoms. The van der Waals surface area contributed by atoms with Crippen molar-refractivity contribution in [3.8, 4) is 0 Å². The molecule has 1 aliphatic heterocycles. The van der Waals surface area contributed by atoms with Crippen LogP contribution in [0.3, 0.4) is 0 Å². The zero-order chi connectivity index (χ0) is 52.0. The van der Waals surface area contributed by atoms with E-state index < -0.39 is 48.4 Å². The van der Waals surface area contributed by atoms with Crippen molar-refractivity contribution in [2.45, 2.75) is 228 Å². The number of esters is 1. The lowest BCUT2D eigenvalue weighted by Crippen LogP contribution is -2.61. The van der Waals surface area contributed by atoms with Gasteiger partial charge in [-0.15, -0.1) is 0 Å². The maximum Gasteiger partial charge on any atom is 0.305 e. The molecule has 6 atom stereocenters. The molecular weight excluding hydrogens is 873 g/mol. The molecule has 4 N–H and O–H groups in total. The van der Waals surface area contributed by atoms with Crippen LogP contribution in [0.2, 0.25) is 0 Å². The molecule has 8 heteroatoms. The number of ether oxygens (including phenoxy) is 3. The van der Waals surface area contributed by atoms with Crippen molar-refractivity contribution < 1.29 is 39.4 Å². The van der Waals surface area contributed by atoms with Gasteiger partial charge in [0.1, 0.15) is 37.1 Å². The number of carbonyl (C=O) groups is 1. The fourth-order valence-corrected chi connectivity index (χ4v) is 8.50. The van der Waals surface area contributed by atoms with Crippen LogP contribution in [0.4, 0.5) is 0 Å². The second kappa shape index (κ2) is 34.5. The molecule has 0 bridgehead atoms. The van der Waals surface area contributed by atoms with Gasteiger partial charge in [-0.05, 0) is 92.1 Å². The Morgan fingerprint density at radius 2 is 1.13 bits per heavy atom. The number of hydrogen-bond donors (Lipinski definition) is 4. The average Bonchev–Trinajstić information content (AvgIpc) is 3.30. The highest BCUT2D eigenvalue weighted by Crippen LogP contribution is 2.41. The van der Waals surface area contributed by atoms with E-state index in [4.69, 9.17) is 14.2 Å². The molecule has 0 aromatic rings. The molecule has 1 fully saturated rings. The molecular formula is C62H96O8. The highest BCUT2D eigenvalue weighted by Gasteiger charge is 2.47. The lowest BCUT2D eigenvalue weighted by molar-refractivity contribution is -0.329. The van der Waals surface area contributed by atoms with Crippen molar-refractivity contribution in [3.05, 3.63) is 142 Å². The van der Waals surface area contributed by atoms with Gasteiger partial charge in [0.2, 0.25) is 0 Å². The molecule has 1 aliphatic carbocycles. The zero-order valence-electron chi connectivity index (χ0n) is 45.4. The van der Waals surface area contributed by atoms with Crippen LogP contribution in [-0.4, -0.2) is 75.4 Å². The van der Waals surface area contributed by atoms with Crippen molar-refractivity contribution in [2.75, 3.05) is 6.61 Å². The van der Waals surface area contributed by atoms with Crippen LogP contribution >= 0.6 is 0 Å². The zero-order valence-corrected chi connectivity index (χ0v) is 45.4. The minimum Gasteiger partial charge on any atom is -0.463 e. The normalized spacial score (nSPS) is 23.2. The number of hydrogen-bond acceptors (Lipinski definition) is 8. The molecule has 1 heterocycles. The highest BCUT2D eigenvalue weighted by molar-refractivity contribution is 5.69. The Balaban J connectivity index is 1.78. The summed E-state index contributed by atoms with van der Waals surface area (Å²) in [6.45, 7) is 22.5. The predicted octanol–water partition coefficient (Wildman–Crippen LogP) is 14.6. The minimum atomic E-state index is -1.60. The summed E-state index contributed by atoms with van der Waals surface area (Å²) in [5.41, 5.74) is 7.49. The summed E-state index contributed by atoms with van der Waals surface area (Å²) >= 11 is 0. The van der Waals surface area contributed by atoms with E-state index >= 15 is 0 Å². The third-order valence-electron chi connectivity index (χ3n) is 13.3. The molecule has 8 nitrogen and oxygen atoms in total. The maximum atomic E-state index is 12.5. The van der Waals surface area contributed by atoms with Gasteiger partial charge < -0.3 is 34.6 Å². The fraction of sp³-hybridized carbons (Fsp3) is 0.597. The lowest BCUT2D eigenvalue weighted by atomic mass is 9.72. The van der Waals surface area contributed by atoms with Crippen molar-refractivity contribution in [3.63, 3.8) is 0 Å².